The van der Waals surface area contributed by atoms with Crippen molar-refractivity contribution < 1.29 is 4.74 Å². The van der Waals surface area contributed by atoms with Gasteiger partial charge < -0.3 is 10.5 Å². The number of ether oxygens (including phenoxy) is 1. The van der Waals surface area contributed by atoms with Crippen molar-refractivity contribution in [1.29, 1.82) is 0 Å². The highest BCUT2D eigenvalue weighted by Gasteiger charge is 2.28. The van der Waals surface area contributed by atoms with Crippen molar-refractivity contribution in [3.63, 3.8) is 0 Å². The molecule has 4 heteroatoms. The first kappa shape index (κ1) is 14.1. The fourth-order valence-corrected chi connectivity index (χ4v) is 1.82. The Balaban J connectivity index is 2.86. The van der Waals surface area contributed by atoms with Crippen LogP contribution in [0, 0.1) is 5.41 Å². The Morgan fingerprint density at radius 3 is 2.18 bits per heavy atom. The first-order valence-corrected chi connectivity index (χ1v) is 5.93. The van der Waals surface area contributed by atoms with Gasteiger partial charge in [-0.1, -0.05) is 20.8 Å². The van der Waals surface area contributed by atoms with Gasteiger partial charge in [0.2, 0.25) is 0 Å². The van der Waals surface area contributed by atoms with E-state index < -0.39 is 0 Å². The predicted molar refractivity (Wildman–Crippen MR) is 68.6 cm³/mol. The Morgan fingerprint density at radius 1 is 1.29 bits per heavy atom. The molecule has 0 aromatic carbocycles. The van der Waals surface area contributed by atoms with Crippen LogP contribution in [0.15, 0.2) is 12.4 Å². The van der Waals surface area contributed by atoms with Crippen LogP contribution in [-0.4, -0.2) is 23.1 Å². The summed E-state index contributed by atoms with van der Waals surface area (Å²) < 4.78 is 5.47. The zero-order chi connectivity index (χ0) is 13.1. The second-order valence-electron chi connectivity index (χ2n) is 5.61. The van der Waals surface area contributed by atoms with E-state index >= 15 is 0 Å². The van der Waals surface area contributed by atoms with Crippen LogP contribution in [0.4, 0.5) is 0 Å². The number of hydrogen-bond acceptors (Lipinski definition) is 4. The van der Waals surface area contributed by atoms with E-state index in [0.29, 0.717) is 0 Å². The zero-order valence-corrected chi connectivity index (χ0v) is 11.4. The average Bonchev–Trinajstić information content (AvgIpc) is 2.18. The number of rotatable bonds is 4. The van der Waals surface area contributed by atoms with Crippen LogP contribution in [0.1, 0.15) is 45.2 Å². The van der Waals surface area contributed by atoms with Crippen LogP contribution in [0.25, 0.3) is 0 Å². The second kappa shape index (κ2) is 5.56. The molecule has 1 aromatic heterocycles. The molecule has 96 valence electrons. The fraction of sp³-hybridized carbons (Fsp3) is 0.692. The van der Waals surface area contributed by atoms with E-state index in [2.05, 4.69) is 30.7 Å². The molecular weight excluding hydrogens is 214 g/mol. The summed E-state index contributed by atoms with van der Waals surface area (Å²) in [6.07, 6.45) is 4.38. The Morgan fingerprint density at radius 2 is 1.82 bits per heavy atom. The molecule has 4 nitrogen and oxygen atoms in total. The highest BCUT2D eigenvalue weighted by molar-refractivity contribution is 5.09. The van der Waals surface area contributed by atoms with Crippen molar-refractivity contribution in [2.24, 2.45) is 11.1 Å². The molecule has 0 bridgehead atoms. The minimum absolute atomic E-state index is 0.0164. The molecule has 0 radical (unpaired) electrons. The lowest BCUT2D eigenvalue weighted by Crippen LogP contribution is -2.23. The summed E-state index contributed by atoms with van der Waals surface area (Å²) in [4.78, 5) is 8.76. The highest BCUT2D eigenvalue weighted by atomic mass is 16.5. The van der Waals surface area contributed by atoms with Gasteiger partial charge in [-0.2, -0.15) is 0 Å². The Bertz CT molecular complexity index is 341. The summed E-state index contributed by atoms with van der Waals surface area (Å²) in [5, 5.41) is 0. The number of nitrogens with two attached hydrogens (primary N) is 1. The summed E-state index contributed by atoms with van der Waals surface area (Å²) in [5.74, 6) is 0.730. The number of methoxy groups -OCH3 is 1. The predicted octanol–water partition coefficient (Wildman–Crippen LogP) is 2.10. The van der Waals surface area contributed by atoms with Gasteiger partial charge in [-0.15, -0.1) is 0 Å². The fourth-order valence-electron chi connectivity index (χ4n) is 1.82. The molecule has 0 saturated carbocycles. The molecule has 2 unspecified atom stereocenters. The van der Waals surface area contributed by atoms with Crippen LogP contribution in [0.3, 0.4) is 0 Å². The molecular formula is C13H23N3O. The molecule has 1 aromatic rings. The van der Waals surface area contributed by atoms with E-state index in [1.807, 2.05) is 19.3 Å². The minimum atomic E-state index is -0.0909. The first-order chi connectivity index (χ1) is 7.84. The van der Waals surface area contributed by atoms with Crippen molar-refractivity contribution in [1.82, 2.24) is 9.97 Å². The zero-order valence-electron chi connectivity index (χ0n) is 11.4. The van der Waals surface area contributed by atoms with E-state index in [4.69, 9.17) is 10.5 Å². The highest BCUT2D eigenvalue weighted by Crippen LogP contribution is 2.33. The van der Waals surface area contributed by atoms with Crippen molar-refractivity contribution in [3.8, 4) is 0 Å². The molecule has 1 heterocycles. The van der Waals surface area contributed by atoms with Gasteiger partial charge in [-0.25, -0.2) is 9.97 Å². The minimum Gasteiger partial charge on any atom is -0.373 e. The first-order valence-electron chi connectivity index (χ1n) is 5.93. The van der Waals surface area contributed by atoms with E-state index in [9.17, 15) is 0 Å². The summed E-state index contributed by atoms with van der Waals surface area (Å²) >= 11 is 0. The van der Waals surface area contributed by atoms with Crippen molar-refractivity contribution in [3.05, 3.63) is 23.8 Å². The molecule has 0 aliphatic rings. The molecule has 2 N–H and O–H groups in total. The molecule has 2 atom stereocenters. The third-order valence-electron chi connectivity index (χ3n) is 2.54. The number of aromatic nitrogens is 2. The van der Waals surface area contributed by atoms with Gasteiger partial charge in [-0.05, 0) is 24.3 Å². The maximum atomic E-state index is 5.74. The average molecular weight is 237 g/mol. The van der Waals surface area contributed by atoms with Gasteiger partial charge in [-0.3, -0.25) is 0 Å². The van der Waals surface area contributed by atoms with Crippen LogP contribution >= 0.6 is 0 Å². The van der Waals surface area contributed by atoms with Gasteiger partial charge in [0.25, 0.3) is 0 Å². The molecule has 0 saturated heterocycles. The Kier molecular flexibility index (Phi) is 4.60. The van der Waals surface area contributed by atoms with Gasteiger partial charge in [0.15, 0.2) is 5.82 Å². The van der Waals surface area contributed by atoms with E-state index in [1.54, 1.807) is 7.11 Å². The van der Waals surface area contributed by atoms with Gasteiger partial charge in [0.1, 0.15) is 6.10 Å². The number of nitrogens with zero attached hydrogens (tertiary/aromatic N) is 2. The van der Waals surface area contributed by atoms with Crippen LogP contribution in [0.2, 0.25) is 0 Å². The SMILES string of the molecule is COC(c1ncc(CC(C)N)cn1)C(C)(C)C. The van der Waals surface area contributed by atoms with Crippen molar-refractivity contribution in [2.75, 3.05) is 7.11 Å². The summed E-state index contributed by atoms with van der Waals surface area (Å²) in [7, 11) is 1.69. The topological polar surface area (TPSA) is 61.0 Å². The third kappa shape index (κ3) is 4.06. The smallest absolute Gasteiger partial charge is 0.157 e. The normalized spacial score (nSPS) is 15.6. The molecule has 0 amide bonds. The van der Waals surface area contributed by atoms with Crippen molar-refractivity contribution in [2.45, 2.75) is 46.3 Å². The van der Waals surface area contributed by atoms with E-state index in [0.717, 1.165) is 17.8 Å². The van der Waals surface area contributed by atoms with Gasteiger partial charge in [0, 0.05) is 25.5 Å². The van der Waals surface area contributed by atoms with Crippen LogP contribution in [0.5, 0.6) is 0 Å². The van der Waals surface area contributed by atoms with Crippen molar-refractivity contribution >= 4 is 0 Å². The van der Waals surface area contributed by atoms with Crippen LogP contribution in [-0.2, 0) is 11.2 Å². The molecule has 0 spiro atoms. The van der Waals surface area contributed by atoms with Crippen LogP contribution < -0.4 is 5.73 Å². The maximum absolute atomic E-state index is 5.74. The monoisotopic (exact) mass is 237 g/mol. The van der Waals surface area contributed by atoms with E-state index in [-0.39, 0.29) is 17.6 Å². The Hall–Kier alpha value is -1.00. The molecule has 17 heavy (non-hydrogen) atoms. The lowest BCUT2D eigenvalue weighted by atomic mass is 9.88. The maximum Gasteiger partial charge on any atom is 0.157 e. The number of hydrogen-bond donors (Lipinski definition) is 1. The third-order valence-corrected chi connectivity index (χ3v) is 2.54. The summed E-state index contributed by atoms with van der Waals surface area (Å²) in [6, 6.07) is 0.130. The lowest BCUT2D eigenvalue weighted by Gasteiger charge is -2.27. The molecule has 1 rings (SSSR count). The largest absolute Gasteiger partial charge is 0.373 e. The quantitative estimate of drug-likeness (QED) is 0.871. The van der Waals surface area contributed by atoms with Gasteiger partial charge in [0.05, 0.1) is 0 Å². The molecule has 0 fully saturated rings. The summed E-state index contributed by atoms with van der Waals surface area (Å²) in [6.45, 7) is 8.31. The second-order valence-corrected chi connectivity index (χ2v) is 5.61. The standard InChI is InChI=1S/C13H23N3O/c1-9(14)6-10-7-15-12(16-8-10)11(17-5)13(2,3)4/h7-9,11H,6,14H2,1-5H3. The lowest BCUT2D eigenvalue weighted by molar-refractivity contribution is 0.00860. The molecule has 0 aliphatic heterocycles. The van der Waals surface area contributed by atoms with Gasteiger partial charge >= 0.3 is 0 Å². The Labute approximate surface area is 104 Å². The molecule has 0 aliphatic carbocycles. The van der Waals surface area contributed by atoms with E-state index in [1.165, 1.54) is 0 Å². The summed E-state index contributed by atoms with van der Waals surface area (Å²) in [5.41, 5.74) is 6.78.